The first-order valence-electron chi connectivity index (χ1n) is 24.4. The Morgan fingerprint density at radius 3 is 1.12 bits per heavy atom. The van der Waals surface area contributed by atoms with Gasteiger partial charge in [0.15, 0.2) is 0 Å². The summed E-state index contributed by atoms with van der Waals surface area (Å²) in [5.74, 6) is -0.601. The Morgan fingerprint density at radius 2 is 0.750 bits per heavy atom. The van der Waals surface area contributed by atoms with Gasteiger partial charge in [0.05, 0.1) is 18.8 Å². The fraction of sp³-hybridized carbons (Fsp3) is 0.860. The van der Waals surface area contributed by atoms with Gasteiger partial charge in [0.2, 0.25) is 5.91 Å². The second-order valence-corrected chi connectivity index (χ2v) is 16.8. The van der Waals surface area contributed by atoms with Crippen LogP contribution >= 0.6 is 0 Å². The second kappa shape index (κ2) is 44.6. The van der Waals surface area contributed by atoms with Crippen LogP contribution in [-0.4, -0.2) is 57.3 Å². The van der Waals surface area contributed by atoms with Crippen LogP contribution in [0.3, 0.4) is 0 Å². The van der Waals surface area contributed by atoms with Gasteiger partial charge in [-0.2, -0.15) is 0 Å². The van der Waals surface area contributed by atoms with Crippen molar-refractivity contribution in [3.05, 3.63) is 36.5 Å². The van der Waals surface area contributed by atoms with Crippen LogP contribution in [0.25, 0.3) is 0 Å². The highest BCUT2D eigenvalue weighted by molar-refractivity contribution is 5.80. The molecule has 0 aromatic carbocycles. The number of rotatable bonds is 44. The number of amides is 1. The first kappa shape index (κ1) is 54.5. The fourth-order valence-electron chi connectivity index (χ4n) is 7.42. The van der Waals surface area contributed by atoms with E-state index in [2.05, 4.69) is 55.6 Å². The van der Waals surface area contributed by atoms with Gasteiger partial charge in [-0.15, -0.1) is 0 Å². The summed E-state index contributed by atoms with van der Waals surface area (Å²) in [6.07, 6.45) is 53.3. The minimum Gasteiger partial charge on any atom is -0.394 e. The third-order valence-electron chi connectivity index (χ3n) is 11.3. The lowest BCUT2D eigenvalue weighted by Crippen LogP contribution is -2.53. The van der Waals surface area contributed by atoms with Gasteiger partial charge in [-0.25, -0.2) is 0 Å². The maximum atomic E-state index is 12.5. The van der Waals surface area contributed by atoms with E-state index in [4.69, 9.17) is 0 Å². The summed E-state index contributed by atoms with van der Waals surface area (Å²) in [4.78, 5) is 12.5. The molecule has 0 aliphatic rings. The van der Waals surface area contributed by atoms with Gasteiger partial charge in [0.1, 0.15) is 12.2 Å². The highest BCUT2D eigenvalue weighted by atomic mass is 16.3. The number of unbranched alkanes of at least 4 members (excludes halogenated alkanes) is 29. The molecule has 330 valence electrons. The SMILES string of the molecule is CCCCCCCCCCC/C=C\CCCCCCCCC(O)C(=O)NC(CO)C(O)C(O)CCC/C=C/CC/C=C/CCCCCCCCCCCCCC. The van der Waals surface area contributed by atoms with Crippen LogP contribution in [0.15, 0.2) is 36.5 Å². The van der Waals surface area contributed by atoms with Gasteiger partial charge < -0.3 is 25.7 Å². The number of nitrogens with one attached hydrogen (secondary N) is 1. The topological polar surface area (TPSA) is 110 Å². The summed E-state index contributed by atoms with van der Waals surface area (Å²) in [5, 5.41) is 43.8. The smallest absolute Gasteiger partial charge is 0.249 e. The molecule has 4 unspecified atom stereocenters. The van der Waals surface area contributed by atoms with Crippen molar-refractivity contribution in [3.63, 3.8) is 0 Å². The summed E-state index contributed by atoms with van der Waals surface area (Å²) in [6, 6.07) is -1.01. The maximum Gasteiger partial charge on any atom is 0.249 e. The number of aliphatic hydroxyl groups is 4. The summed E-state index contributed by atoms with van der Waals surface area (Å²) < 4.78 is 0. The monoisotopic (exact) mass is 790 g/mol. The molecule has 0 saturated carbocycles. The third-order valence-corrected chi connectivity index (χ3v) is 11.3. The molecular weight excluding hydrogens is 695 g/mol. The van der Waals surface area contributed by atoms with E-state index in [1.54, 1.807) is 0 Å². The van der Waals surface area contributed by atoms with E-state index in [0.29, 0.717) is 19.3 Å². The lowest BCUT2D eigenvalue weighted by atomic mass is 10.00. The molecule has 6 heteroatoms. The van der Waals surface area contributed by atoms with Gasteiger partial charge in [-0.3, -0.25) is 4.79 Å². The number of hydrogen-bond acceptors (Lipinski definition) is 5. The third kappa shape index (κ3) is 38.1. The van der Waals surface area contributed by atoms with Crippen molar-refractivity contribution in [2.75, 3.05) is 6.61 Å². The first-order chi connectivity index (χ1) is 27.5. The van der Waals surface area contributed by atoms with Crippen LogP contribution in [0, 0.1) is 0 Å². The summed E-state index contributed by atoms with van der Waals surface area (Å²) in [6.45, 7) is 4.05. The lowest BCUT2D eigenvalue weighted by Gasteiger charge is -2.27. The average molecular weight is 790 g/mol. The van der Waals surface area contributed by atoms with E-state index in [9.17, 15) is 25.2 Å². The molecule has 0 aliphatic heterocycles. The standard InChI is InChI=1S/C50H95NO5/c1-3-5-7-9-11-13-15-17-19-21-23-24-26-27-29-31-33-35-37-39-41-43-47(53)49(55)46(45-52)51-50(56)48(54)44-42-40-38-36-34-32-30-28-25-22-20-18-16-14-12-10-8-6-4-2/h25,27-29,35,37,46-49,52-55H,3-24,26,30-34,36,38-45H2,1-2H3,(H,51,56)/b28-25-,29-27+,37-35+. The van der Waals surface area contributed by atoms with Crippen LogP contribution in [0.2, 0.25) is 0 Å². The van der Waals surface area contributed by atoms with E-state index in [-0.39, 0.29) is 0 Å². The van der Waals surface area contributed by atoms with Crippen molar-refractivity contribution in [2.24, 2.45) is 0 Å². The van der Waals surface area contributed by atoms with Crippen molar-refractivity contribution < 1.29 is 25.2 Å². The van der Waals surface area contributed by atoms with Crippen LogP contribution < -0.4 is 5.32 Å². The molecule has 5 N–H and O–H groups in total. The highest BCUT2D eigenvalue weighted by Gasteiger charge is 2.28. The average Bonchev–Trinajstić information content (AvgIpc) is 3.20. The van der Waals surface area contributed by atoms with Crippen LogP contribution in [0.1, 0.15) is 245 Å². The Kier molecular flexibility index (Phi) is 43.5. The normalized spacial score (nSPS) is 14.3. The molecule has 0 rings (SSSR count). The molecule has 0 fully saturated rings. The predicted molar refractivity (Wildman–Crippen MR) is 242 cm³/mol. The van der Waals surface area contributed by atoms with Crippen molar-refractivity contribution in [3.8, 4) is 0 Å². The zero-order chi connectivity index (χ0) is 41.0. The maximum absolute atomic E-state index is 12.5. The molecule has 4 atom stereocenters. The van der Waals surface area contributed by atoms with Crippen molar-refractivity contribution in [1.29, 1.82) is 0 Å². The second-order valence-electron chi connectivity index (χ2n) is 16.8. The molecule has 6 nitrogen and oxygen atoms in total. The van der Waals surface area contributed by atoms with Crippen molar-refractivity contribution in [1.82, 2.24) is 5.32 Å². The lowest BCUT2D eigenvalue weighted by molar-refractivity contribution is -0.132. The molecule has 0 bridgehead atoms. The van der Waals surface area contributed by atoms with E-state index in [1.165, 1.54) is 161 Å². The van der Waals surface area contributed by atoms with Crippen LogP contribution in [-0.2, 0) is 4.79 Å². The Morgan fingerprint density at radius 1 is 0.429 bits per heavy atom. The van der Waals surface area contributed by atoms with E-state index in [0.717, 1.165) is 51.4 Å². The minimum atomic E-state index is -1.29. The Hall–Kier alpha value is -1.47. The van der Waals surface area contributed by atoms with Crippen LogP contribution in [0.5, 0.6) is 0 Å². The minimum absolute atomic E-state index is 0.353. The van der Waals surface area contributed by atoms with Gasteiger partial charge in [0, 0.05) is 0 Å². The van der Waals surface area contributed by atoms with E-state index < -0.39 is 36.9 Å². The molecule has 0 aliphatic carbocycles. The summed E-state index contributed by atoms with van der Waals surface area (Å²) >= 11 is 0. The number of carbonyl (C=O) groups is 1. The van der Waals surface area contributed by atoms with Crippen LogP contribution in [0.4, 0.5) is 0 Å². The number of aliphatic hydroxyl groups excluding tert-OH is 4. The van der Waals surface area contributed by atoms with Gasteiger partial charge in [-0.05, 0) is 77.0 Å². The molecule has 0 aromatic heterocycles. The van der Waals surface area contributed by atoms with Gasteiger partial charge in [-0.1, -0.05) is 204 Å². The zero-order valence-corrected chi connectivity index (χ0v) is 37.1. The predicted octanol–water partition coefficient (Wildman–Crippen LogP) is 13.3. The molecule has 0 heterocycles. The first-order valence-corrected chi connectivity index (χ1v) is 24.4. The molecular formula is C50H95NO5. The number of carbonyl (C=O) groups excluding carboxylic acids is 1. The van der Waals surface area contributed by atoms with E-state index >= 15 is 0 Å². The van der Waals surface area contributed by atoms with Crippen molar-refractivity contribution >= 4 is 5.91 Å². The molecule has 0 aromatic rings. The van der Waals surface area contributed by atoms with Gasteiger partial charge in [0.25, 0.3) is 0 Å². The molecule has 0 saturated heterocycles. The molecule has 0 spiro atoms. The molecule has 0 radical (unpaired) electrons. The fourth-order valence-corrected chi connectivity index (χ4v) is 7.42. The largest absolute Gasteiger partial charge is 0.394 e. The van der Waals surface area contributed by atoms with E-state index in [1.807, 2.05) is 0 Å². The summed E-state index contributed by atoms with van der Waals surface area (Å²) in [5.41, 5.74) is 0. The zero-order valence-electron chi connectivity index (χ0n) is 37.1. The number of allylic oxidation sites excluding steroid dienone is 6. The Labute approximate surface area is 347 Å². The Balaban J connectivity index is 3.77. The molecule has 56 heavy (non-hydrogen) atoms. The molecule has 1 amide bonds. The van der Waals surface area contributed by atoms with Crippen molar-refractivity contribution in [2.45, 2.75) is 269 Å². The summed E-state index contributed by atoms with van der Waals surface area (Å²) in [7, 11) is 0. The highest BCUT2D eigenvalue weighted by Crippen LogP contribution is 2.15. The van der Waals surface area contributed by atoms with Gasteiger partial charge >= 0.3 is 0 Å². The quantitative estimate of drug-likeness (QED) is 0.0312. The Bertz CT molecular complexity index is 889. The number of hydrogen-bond donors (Lipinski definition) is 5.